The largest absolute Gasteiger partial charge is 0.450 e. The average Bonchev–Trinajstić information content (AvgIpc) is 2.83. The minimum atomic E-state index is -1.70. The van der Waals surface area contributed by atoms with Crippen LogP contribution >= 0.6 is 0 Å². The molecule has 2 aromatic carbocycles. The number of ether oxygens (including phenoxy) is 3. The summed E-state index contributed by atoms with van der Waals surface area (Å²) in [7, 11) is 1.69. The van der Waals surface area contributed by atoms with E-state index < -0.39 is 29.9 Å². The zero-order valence-corrected chi connectivity index (χ0v) is 18.2. The van der Waals surface area contributed by atoms with Gasteiger partial charge in [-0.25, -0.2) is 14.0 Å². The van der Waals surface area contributed by atoms with E-state index in [9.17, 15) is 14.0 Å². The van der Waals surface area contributed by atoms with Crippen LogP contribution in [0.3, 0.4) is 0 Å². The minimum absolute atomic E-state index is 0.284. The Morgan fingerprint density at radius 1 is 1.00 bits per heavy atom. The Labute approximate surface area is 195 Å². The van der Waals surface area contributed by atoms with Crippen LogP contribution < -0.4 is 10.1 Å². The van der Waals surface area contributed by atoms with E-state index in [1.54, 1.807) is 37.6 Å². The molecule has 0 saturated carbocycles. The molecule has 0 aliphatic carbocycles. The Morgan fingerprint density at radius 3 is 2.56 bits per heavy atom. The van der Waals surface area contributed by atoms with Crippen molar-refractivity contribution in [1.29, 1.82) is 0 Å². The van der Waals surface area contributed by atoms with Crippen LogP contribution in [-0.2, 0) is 25.5 Å². The summed E-state index contributed by atoms with van der Waals surface area (Å²) in [5.74, 6) is -2.92. The van der Waals surface area contributed by atoms with Gasteiger partial charge in [-0.2, -0.15) is 0 Å². The van der Waals surface area contributed by atoms with Gasteiger partial charge < -0.3 is 19.5 Å². The number of nitrogens with zero attached hydrogens (tertiary/aromatic N) is 1. The van der Waals surface area contributed by atoms with E-state index in [-0.39, 0.29) is 12.2 Å². The Bertz CT molecular complexity index is 1280. The van der Waals surface area contributed by atoms with Crippen molar-refractivity contribution in [3.63, 3.8) is 0 Å². The van der Waals surface area contributed by atoms with Crippen LogP contribution in [0.5, 0.6) is 5.75 Å². The molecule has 1 N–H and O–H groups in total. The first-order valence-corrected chi connectivity index (χ1v) is 10.8. The van der Waals surface area contributed by atoms with Crippen LogP contribution in [0, 0.1) is 5.82 Å². The van der Waals surface area contributed by atoms with Gasteiger partial charge in [0.2, 0.25) is 0 Å². The Balaban J connectivity index is 1.63. The highest BCUT2D eigenvalue weighted by Gasteiger charge is 2.57. The fourth-order valence-electron chi connectivity index (χ4n) is 4.39. The van der Waals surface area contributed by atoms with Gasteiger partial charge in [0.1, 0.15) is 17.6 Å². The standard InChI is InChI=1S/C26H21FN2O5/c1-28-25(19-12-18(14-29-15-19)16-6-8-20(27)9-7-16)26-22(32-23(30)10-11-24(31)34-26)13-17-4-2-3-5-21(17)33-26/h2-12,14-15,22,25,28H,13H2,1H3/b11-10-. The molecular formula is C26H21FN2O5. The summed E-state index contributed by atoms with van der Waals surface area (Å²) >= 11 is 0. The molecule has 7 nitrogen and oxygen atoms in total. The number of carbonyl (C=O) groups is 2. The third-order valence-corrected chi connectivity index (χ3v) is 5.93. The number of para-hydroxylation sites is 1. The number of rotatable bonds is 4. The molecule has 2 aliphatic rings. The fourth-order valence-corrected chi connectivity index (χ4v) is 4.39. The maximum Gasteiger partial charge on any atom is 0.334 e. The molecule has 0 amide bonds. The number of benzene rings is 2. The molecule has 0 radical (unpaired) electrons. The molecule has 0 bridgehead atoms. The van der Waals surface area contributed by atoms with Crippen LogP contribution in [0.15, 0.2) is 79.1 Å². The van der Waals surface area contributed by atoms with E-state index in [1.165, 1.54) is 12.1 Å². The van der Waals surface area contributed by atoms with Crippen molar-refractivity contribution >= 4 is 11.9 Å². The topological polar surface area (TPSA) is 86.8 Å². The second kappa shape index (κ2) is 8.72. The summed E-state index contributed by atoms with van der Waals surface area (Å²) in [5, 5.41) is 3.16. The highest BCUT2D eigenvalue weighted by atomic mass is 19.1. The zero-order chi connectivity index (χ0) is 23.7. The zero-order valence-electron chi connectivity index (χ0n) is 18.2. The number of pyridine rings is 1. The molecule has 0 saturated heterocycles. The lowest BCUT2D eigenvalue weighted by Gasteiger charge is -2.46. The summed E-state index contributed by atoms with van der Waals surface area (Å²) in [6.07, 6.45) is 4.68. The van der Waals surface area contributed by atoms with Crippen molar-refractivity contribution in [1.82, 2.24) is 10.3 Å². The molecule has 3 unspecified atom stereocenters. The monoisotopic (exact) mass is 460 g/mol. The summed E-state index contributed by atoms with van der Waals surface area (Å²) in [4.78, 5) is 29.4. The Hall–Kier alpha value is -4.04. The van der Waals surface area contributed by atoms with Gasteiger partial charge in [0.15, 0.2) is 6.10 Å². The Morgan fingerprint density at radius 2 is 1.76 bits per heavy atom. The smallest absolute Gasteiger partial charge is 0.334 e. The first kappa shape index (κ1) is 21.8. The molecule has 0 spiro atoms. The average molecular weight is 460 g/mol. The van der Waals surface area contributed by atoms with Crippen molar-refractivity contribution in [2.75, 3.05) is 7.05 Å². The van der Waals surface area contributed by atoms with Crippen molar-refractivity contribution in [2.45, 2.75) is 24.4 Å². The number of likely N-dealkylation sites (N-methyl/N-ethyl adjacent to an activating group) is 1. The van der Waals surface area contributed by atoms with Crippen molar-refractivity contribution in [3.05, 3.63) is 96.1 Å². The van der Waals surface area contributed by atoms with Gasteiger partial charge in [0.25, 0.3) is 0 Å². The maximum absolute atomic E-state index is 13.4. The lowest BCUT2D eigenvalue weighted by molar-refractivity contribution is -0.256. The molecule has 3 heterocycles. The normalized spacial score (nSPS) is 23.2. The minimum Gasteiger partial charge on any atom is -0.450 e. The van der Waals surface area contributed by atoms with Crippen LogP contribution in [0.4, 0.5) is 4.39 Å². The van der Waals surface area contributed by atoms with E-state index in [1.807, 2.05) is 24.3 Å². The molecule has 1 aromatic heterocycles. The molecule has 5 rings (SSSR count). The third kappa shape index (κ3) is 3.92. The van der Waals surface area contributed by atoms with E-state index in [2.05, 4.69) is 10.3 Å². The molecule has 34 heavy (non-hydrogen) atoms. The van der Waals surface area contributed by atoms with E-state index >= 15 is 0 Å². The van der Waals surface area contributed by atoms with E-state index in [0.29, 0.717) is 11.3 Å². The van der Waals surface area contributed by atoms with Gasteiger partial charge in [-0.15, -0.1) is 0 Å². The van der Waals surface area contributed by atoms with Crippen molar-refractivity contribution < 1.29 is 28.2 Å². The number of aromatic nitrogens is 1. The molecule has 2 aliphatic heterocycles. The summed E-state index contributed by atoms with van der Waals surface area (Å²) in [6, 6.07) is 14.5. The quantitative estimate of drug-likeness (QED) is 0.597. The predicted molar refractivity (Wildman–Crippen MR) is 120 cm³/mol. The lowest BCUT2D eigenvalue weighted by atomic mass is 9.87. The first-order valence-electron chi connectivity index (χ1n) is 10.8. The molecular weight excluding hydrogens is 439 g/mol. The second-order valence-corrected chi connectivity index (χ2v) is 8.05. The first-order chi connectivity index (χ1) is 16.5. The van der Waals surface area contributed by atoms with Gasteiger partial charge in [-0.3, -0.25) is 4.98 Å². The van der Waals surface area contributed by atoms with Crippen molar-refractivity contribution in [3.8, 4) is 16.9 Å². The summed E-state index contributed by atoms with van der Waals surface area (Å²) in [6.45, 7) is 0. The number of esters is 2. The van der Waals surface area contributed by atoms with Crippen LogP contribution in [-0.4, -0.2) is 35.9 Å². The highest BCUT2D eigenvalue weighted by molar-refractivity contribution is 5.92. The van der Waals surface area contributed by atoms with Crippen molar-refractivity contribution in [2.24, 2.45) is 0 Å². The molecule has 172 valence electrons. The summed E-state index contributed by atoms with van der Waals surface area (Å²) in [5.41, 5.74) is 2.95. The van der Waals surface area contributed by atoms with Crippen LogP contribution in [0.25, 0.3) is 11.1 Å². The fraction of sp³-hybridized carbons (Fsp3) is 0.192. The highest BCUT2D eigenvalue weighted by Crippen LogP contribution is 2.44. The maximum atomic E-state index is 13.4. The van der Waals surface area contributed by atoms with E-state index in [0.717, 1.165) is 28.8 Å². The number of carbonyl (C=O) groups excluding carboxylic acids is 2. The molecule has 0 fully saturated rings. The number of nitrogens with one attached hydrogen (secondary N) is 1. The number of hydrogen-bond acceptors (Lipinski definition) is 7. The van der Waals surface area contributed by atoms with Crippen LogP contribution in [0.2, 0.25) is 0 Å². The number of hydrogen-bond donors (Lipinski definition) is 1. The van der Waals surface area contributed by atoms with Crippen LogP contribution in [0.1, 0.15) is 17.2 Å². The number of halogens is 1. The number of fused-ring (bicyclic) bond motifs is 2. The van der Waals surface area contributed by atoms with Gasteiger partial charge >= 0.3 is 17.7 Å². The van der Waals surface area contributed by atoms with Gasteiger partial charge in [-0.05, 0) is 48.0 Å². The molecule has 3 aromatic rings. The Kier molecular flexibility index (Phi) is 5.59. The summed E-state index contributed by atoms with van der Waals surface area (Å²) < 4.78 is 31.4. The lowest BCUT2D eigenvalue weighted by Crippen LogP contribution is -2.62. The molecule has 3 atom stereocenters. The predicted octanol–water partition coefficient (Wildman–Crippen LogP) is 3.50. The van der Waals surface area contributed by atoms with E-state index in [4.69, 9.17) is 14.2 Å². The second-order valence-electron chi connectivity index (χ2n) is 8.05. The molecule has 8 heteroatoms. The third-order valence-electron chi connectivity index (χ3n) is 5.93. The van der Waals surface area contributed by atoms with Gasteiger partial charge in [-0.1, -0.05) is 30.3 Å². The van der Waals surface area contributed by atoms with Gasteiger partial charge in [0.05, 0.1) is 0 Å². The SMILES string of the molecule is CNC(c1cncc(-c2ccc(F)cc2)c1)C12OC(=O)/C=C\C(=O)OC1Cc1ccccc1O2. The van der Waals surface area contributed by atoms with Gasteiger partial charge in [0, 0.05) is 36.5 Å².